The van der Waals surface area contributed by atoms with Gasteiger partial charge in [-0.1, -0.05) is 6.07 Å². The van der Waals surface area contributed by atoms with Crippen LogP contribution in [-0.2, 0) is 4.79 Å². The zero-order chi connectivity index (χ0) is 13.1. The fourth-order valence-corrected chi connectivity index (χ4v) is 1.78. The molecular weight excluding hydrogens is 232 g/mol. The van der Waals surface area contributed by atoms with Gasteiger partial charge in [-0.15, -0.1) is 0 Å². The molecule has 2 N–H and O–H groups in total. The van der Waals surface area contributed by atoms with E-state index in [1.807, 2.05) is 19.1 Å². The number of carbonyl (C=O) groups excluding carboxylic acids is 2. The van der Waals surface area contributed by atoms with Crippen LogP contribution in [0.5, 0.6) is 0 Å². The van der Waals surface area contributed by atoms with E-state index in [1.165, 1.54) is 6.92 Å². The van der Waals surface area contributed by atoms with E-state index in [4.69, 9.17) is 0 Å². The summed E-state index contributed by atoms with van der Waals surface area (Å²) in [6.45, 7) is 4.53. The number of aryl methyl sites for hydroxylation is 1. The van der Waals surface area contributed by atoms with Gasteiger partial charge in [-0.25, -0.2) is 9.78 Å². The molecule has 1 aromatic rings. The SMILES string of the molecule is CC(=O)N1CC(NC(=O)Nc2cccc(C)n2)C1. The minimum absolute atomic E-state index is 0.0266. The monoisotopic (exact) mass is 248 g/mol. The minimum atomic E-state index is -0.290. The van der Waals surface area contributed by atoms with Crippen LogP contribution < -0.4 is 10.6 Å². The van der Waals surface area contributed by atoms with Gasteiger partial charge in [0.05, 0.1) is 6.04 Å². The number of anilines is 1. The summed E-state index contributed by atoms with van der Waals surface area (Å²) in [7, 11) is 0. The molecule has 6 heteroatoms. The number of nitrogens with zero attached hydrogens (tertiary/aromatic N) is 2. The summed E-state index contributed by atoms with van der Waals surface area (Å²) in [5, 5.41) is 5.45. The van der Waals surface area contributed by atoms with E-state index in [1.54, 1.807) is 11.0 Å². The van der Waals surface area contributed by atoms with Gasteiger partial charge in [-0.3, -0.25) is 10.1 Å². The molecule has 2 rings (SSSR count). The van der Waals surface area contributed by atoms with Crippen LogP contribution in [0.4, 0.5) is 10.6 Å². The maximum Gasteiger partial charge on any atom is 0.320 e. The number of nitrogens with one attached hydrogen (secondary N) is 2. The predicted molar refractivity (Wildman–Crippen MR) is 67.2 cm³/mol. The number of likely N-dealkylation sites (tertiary alicyclic amines) is 1. The fraction of sp³-hybridized carbons (Fsp3) is 0.417. The van der Waals surface area contributed by atoms with Crippen molar-refractivity contribution in [2.75, 3.05) is 18.4 Å². The number of urea groups is 1. The van der Waals surface area contributed by atoms with E-state index in [9.17, 15) is 9.59 Å². The first-order valence-corrected chi connectivity index (χ1v) is 5.81. The van der Waals surface area contributed by atoms with Gasteiger partial charge < -0.3 is 10.2 Å². The van der Waals surface area contributed by atoms with E-state index in [0.717, 1.165) is 5.69 Å². The first kappa shape index (κ1) is 12.3. The van der Waals surface area contributed by atoms with Crippen LogP contribution in [0.1, 0.15) is 12.6 Å². The maximum absolute atomic E-state index is 11.6. The molecule has 1 aromatic heterocycles. The lowest BCUT2D eigenvalue weighted by atomic mass is 10.1. The van der Waals surface area contributed by atoms with Crippen LogP contribution in [0.25, 0.3) is 0 Å². The van der Waals surface area contributed by atoms with Gasteiger partial charge in [0.15, 0.2) is 0 Å². The number of amides is 3. The molecule has 2 heterocycles. The van der Waals surface area contributed by atoms with Crippen molar-refractivity contribution in [1.82, 2.24) is 15.2 Å². The number of rotatable bonds is 2. The van der Waals surface area contributed by atoms with Crippen LogP contribution in [0.3, 0.4) is 0 Å². The molecule has 0 aliphatic carbocycles. The molecule has 0 unspecified atom stereocenters. The van der Waals surface area contributed by atoms with Gasteiger partial charge in [0.2, 0.25) is 5.91 Å². The Kier molecular flexibility index (Phi) is 3.45. The first-order valence-electron chi connectivity index (χ1n) is 5.81. The largest absolute Gasteiger partial charge is 0.339 e. The van der Waals surface area contributed by atoms with Gasteiger partial charge in [0, 0.05) is 25.7 Å². The van der Waals surface area contributed by atoms with Crippen molar-refractivity contribution in [2.45, 2.75) is 19.9 Å². The Labute approximate surface area is 105 Å². The lowest BCUT2D eigenvalue weighted by Gasteiger charge is -2.38. The molecule has 0 bridgehead atoms. The third-order valence-electron chi connectivity index (χ3n) is 2.79. The second kappa shape index (κ2) is 5.03. The molecule has 18 heavy (non-hydrogen) atoms. The molecule has 1 saturated heterocycles. The highest BCUT2D eigenvalue weighted by atomic mass is 16.2. The average Bonchev–Trinajstić information content (AvgIpc) is 2.22. The molecule has 6 nitrogen and oxygen atoms in total. The normalized spacial score (nSPS) is 14.9. The van der Waals surface area contributed by atoms with Gasteiger partial charge in [0.1, 0.15) is 5.82 Å². The zero-order valence-electron chi connectivity index (χ0n) is 10.4. The first-order chi connectivity index (χ1) is 8.54. The van der Waals surface area contributed by atoms with Crippen molar-refractivity contribution in [1.29, 1.82) is 0 Å². The van der Waals surface area contributed by atoms with E-state index in [0.29, 0.717) is 18.9 Å². The summed E-state index contributed by atoms with van der Waals surface area (Å²) in [6, 6.07) is 5.16. The van der Waals surface area contributed by atoms with Crippen LogP contribution in [0.2, 0.25) is 0 Å². The van der Waals surface area contributed by atoms with Gasteiger partial charge in [-0.05, 0) is 19.1 Å². The smallest absolute Gasteiger partial charge is 0.320 e. The van der Waals surface area contributed by atoms with E-state index in [-0.39, 0.29) is 18.0 Å². The molecule has 0 atom stereocenters. The van der Waals surface area contributed by atoms with Crippen molar-refractivity contribution < 1.29 is 9.59 Å². The van der Waals surface area contributed by atoms with Crippen LogP contribution in [0, 0.1) is 6.92 Å². The van der Waals surface area contributed by atoms with E-state index in [2.05, 4.69) is 15.6 Å². The summed E-state index contributed by atoms with van der Waals surface area (Å²) in [6.07, 6.45) is 0. The highest BCUT2D eigenvalue weighted by Crippen LogP contribution is 2.08. The molecule has 3 amide bonds. The highest BCUT2D eigenvalue weighted by Gasteiger charge is 2.29. The van der Waals surface area contributed by atoms with Crippen LogP contribution in [-0.4, -0.2) is 41.0 Å². The molecule has 0 radical (unpaired) electrons. The fourth-order valence-electron chi connectivity index (χ4n) is 1.78. The van der Waals surface area contributed by atoms with Gasteiger partial charge in [0.25, 0.3) is 0 Å². The minimum Gasteiger partial charge on any atom is -0.339 e. The Morgan fingerprint density at radius 3 is 2.72 bits per heavy atom. The second-order valence-corrected chi connectivity index (χ2v) is 4.38. The van der Waals surface area contributed by atoms with Crippen molar-refractivity contribution in [3.8, 4) is 0 Å². The lowest BCUT2D eigenvalue weighted by molar-refractivity contribution is -0.133. The number of pyridine rings is 1. The Morgan fingerprint density at radius 1 is 1.39 bits per heavy atom. The molecular formula is C12H16N4O2. The second-order valence-electron chi connectivity index (χ2n) is 4.38. The Balaban J connectivity index is 1.78. The lowest BCUT2D eigenvalue weighted by Crippen LogP contribution is -2.61. The number of hydrogen-bond donors (Lipinski definition) is 2. The van der Waals surface area contributed by atoms with E-state index < -0.39 is 0 Å². The van der Waals surface area contributed by atoms with Crippen molar-refractivity contribution in [2.24, 2.45) is 0 Å². The summed E-state index contributed by atoms with van der Waals surface area (Å²) >= 11 is 0. The predicted octanol–water partition coefficient (Wildman–Crippen LogP) is 0.742. The summed E-state index contributed by atoms with van der Waals surface area (Å²) < 4.78 is 0. The summed E-state index contributed by atoms with van der Waals surface area (Å²) in [5.74, 6) is 0.559. The average molecular weight is 248 g/mol. The molecule has 96 valence electrons. The maximum atomic E-state index is 11.6. The molecule has 0 saturated carbocycles. The summed E-state index contributed by atoms with van der Waals surface area (Å²) in [5.41, 5.74) is 0.846. The third-order valence-corrected chi connectivity index (χ3v) is 2.79. The molecule has 0 spiro atoms. The number of carbonyl (C=O) groups is 2. The Hall–Kier alpha value is -2.11. The van der Waals surface area contributed by atoms with E-state index >= 15 is 0 Å². The molecule has 1 aliphatic heterocycles. The van der Waals surface area contributed by atoms with Crippen molar-refractivity contribution in [3.63, 3.8) is 0 Å². The highest BCUT2D eigenvalue weighted by molar-refractivity contribution is 5.88. The van der Waals surface area contributed by atoms with Crippen LogP contribution >= 0.6 is 0 Å². The third kappa shape index (κ3) is 2.97. The van der Waals surface area contributed by atoms with Crippen molar-refractivity contribution >= 4 is 17.8 Å². The summed E-state index contributed by atoms with van der Waals surface area (Å²) in [4.78, 5) is 28.5. The van der Waals surface area contributed by atoms with Crippen LogP contribution in [0.15, 0.2) is 18.2 Å². The Bertz CT molecular complexity index is 469. The van der Waals surface area contributed by atoms with Gasteiger partial charge in [-0.2, -0.15) is 0 Å². The quantitative estimate of drug-likeness (QED) is 0.810. The van der Waals surface area contributed by atoms with Crippen molar-refractivity contribution in [3.05, 3.63) is 23.9 Å². The number of aromatic nitrogens is 1. The Morgan fingerprint density at radius 2 is 2.11 bits per heavy atom. The topological polar surface area (TPSA) is 74.3 Å². The van der Waals surface area contributed by atoms with Gasteiger partial charge >= 0.3 is 6.03 Å². The molecule has 1 fully saturated rings. The molecule has 0 aromatic carbocycles. The number of hydrogen-bond acceptors (Lipinski definition) is 3. The molecule has 1 aliphatic rings. The zero-order valence-corrected chi connectivity index (χ0v) is 10.4. The standard InChI is InChI=1S/C12H16N4O2/c1-8-4-3-5-11(13-8)15-12(18)14-10-6-16(7-10)9(2)17/h3-5,10H,6-7H2,1-2H3,(H2,13,14,15,18).